The van der Waals surface area contributed by atoms with Crippen molar-refractivity contribution in [1.82, 2.24) is 0 Å². The van der Waals surface area contributed by atoms with Crippen LogP contribution >= 0.6 is 15.9 Å². The minimum atomic E-state index is -0.484. The second-order valence-corrected chi connectivity index (χ2v) is 7.05. The van der Waals surface area contributed by atoms with E-state index in [1.54, 1.807) is 7.11 Å². The fourth-order valence-electron chi connectivity index (χ4n) is 2.25. The molecule has 0 saturated heterocycles. The molecule has 1 aromatic rings. The molecule has 1 unspecified atom stereocenters. The molecule has 0 heterocycles. The van der Waals surface area contributed by atoms with Crippen LogP contribution in [0.25, 0.3) is 0 Å². The summed E-state index contributed by atoms with van der Waals surface area (Å²) in [5, 5.41) is 0. The fraction of sp³-hybridized carbons (Fsp3) is 0.562. The summed E-state index contributed by atoms with van der Waals surface area (Å²) in [5.74, 6) is 1.11. The van der Waals surface area contributed by atoms with Gasteiger partial charge < -0.3 is 9.47 Å². The van der Waals surface area contributed by atoms with Gasteiger partial charge in [-0.2, -0.15) is 0 Å². The van der Waals surface area contributed by atoms with Gasteiger partial charge in [0.1, 0.15) is 16.2 Å². The van der Waals surface area contributed by atoms with E-state index in [1.165, 1.54) is 0 Å². The van der Waals surface area contributed by atoms with E-state index in [-0.39, 0.29) is 5.97 Å². The maximum absolute atomic E-state index is 12.2. The maximum atomic E-state index is 12.2. The molecule has 0 aliphatic heterocycles. The quantitative estimate of drug-likeness (QED) is 0.603. The molecule has 1 aliphatic carbocycles. The number of carbonyl (C=O) groups is 1. The lowest BCUT2D eigenvalue weighted by Crippen LogP contribution is -2.26. The third kappa shape index (κ3) is 3.54. The summed E-state index contributed by atoms with van der Waals surface area (Å²) < 4.78 is 10.9. The van der Waals surface area contributed by atoms with Crippen LogP contribution in [0, 0.1) is 0 Å². The van der Waals surface area contributed by atoms with Gasteiger partial charge in [-0.1, -0.05) is 28.1 Å². The van der Waals surface area contributed by atoms with Crippen molar-refractivity contribution in [3.8, 4) is 5.75 Å². The standard InChI is InChI=1S/C16H21BrO3/c1-16(2,3)20-15(18)14(17)11-6-5-7-12(19-4)13(11)10-8-9-10/h5-7,10,14H,8-9H2,1-4H3. The summed E-state index contributed by atoms with van der Waals surface area (Å²) in [6, 6.07) is 5.84. The summed E-state index contributed by atoms with van der Waals surface area (Å²) in [7, 11) is 1.67. The molecule has 4 heteroatoms. The average molecular weight is 341 g/mol. The first-order valence-electron chi connectivity index (χ1n) is 6.87. The predicted octanol–water partition coefficient (Wildman–Crippen LogP) is 4.35. The molecule has 110 valence electrons. The summed E-state index contributed by atoms with van der Waals surface area (Å²) in [4.78, 5) is 11.8. The molecule has 1 saturated carbocycles. The summed E-state index contributed by atoms with van der Waals surface area (Å²) >= 11 is 3.48. The van der Waals surface area contributed by atoms with Gasteiger partial charge in [0, 0.05) is 5.56 Å². The third-order valence-corrected chi connectivity index (χ3v) is 4.06. The molecule has 1 atom stereocenters. The Morgan fingerprint density at radius 2 is 2.00 bits per heavy atom. The molecule has 20 heavy (non-hydrogen) atoms. The molecule has 0 bridgehead atoms. The maximum Gasteiger partial charge on any atom is 0.324 e. The average Bonchev–Trinajstić information content (AvgIpc) is 3.19. The van der Waals surface area contributed by atoms with Gasteiger partial charge in [0.15, 0.2) is 0 Å². The number of methoxy groups -OCH3 is 1. The largest absolute Gasteiger partial charge is 0.496 e. The van der Waals surface area contributed by atoms with Gasteiger partial charge in [-0.15, -0.1) is 0 Å². The van der Waals surface area contributed by atoms with Crippen molar-refractivity contribution in [3.05, 3.63) is 29.3 Å². The van der Waals surface area contributed by atoms with Crippen LogP contribution in [-0.2, 0) is 9.53 Å². The molecular weight excluding hydrogens is 320 g/mol. The van der Waals surface area contributed by atoms with Crippen molar-refractivity contribution in [2.45, 2.75) is 50.0 Å². The molecule has 0 spiro atoms. The van der Waals surface area contributed by atoms with Crippen molar-refractivity contribution in [2.24, 2.45) is 0 Å². The van der Waals surface area contributed by atoms with Crippen molar-refractivity contribution >= 4 is 21.9 Å². The van der Waals surface area contributed by atoms with E-state index in [9.17, 15) is 4.79 Å². The van der Waals surface area contributed by atoms with E-state index in [2.05, 4.69) is 15.9 Å². The zero-order valence-electron chi connectivity index (χ0n) is 12.4. The number of benzene rings is 1. The van der Waals surface area contributed by atoms with Crippen LogP contribution < -0.4 is 4.74 Å². The minimum Gasteiger partial charge on any atom is -0.496 e. The van der Waals surface area contributed by atoms with Crippen molar-refractivity contribution < 1.29 is 14.3 Å². The number of rotatable bonds is 4. The van der Waals surface area contributed by atoms with Gasteiger partial charge in [-0.05, 0) is 51.2 Å². The van der Waals surface area contributed by atoms with Crippen LogP contribution in [-0.4, -0.2) is 18.7 Å². The predicted molar refractivity (Wildman–Crippen MR) is 82.5 cm³/mol. The van der Waals surface area contributed by atoms with Gasteiger partial charge >= 0.3 is 5.97 Å². The lowest BCUT2D eigenvalue weighted by Gasteiger charge is -2.23. The highest BCUT2D eigenvalue weighted by molar-refractivity contribution is 9.09. The van der Waals surface area contributed by atoms with E-state index >= 15 is 0 Å². The highest BCUT2D eigenvalue weighted by Gasteiger charge is 2.34. The van der Waals surface area contributed by atoms with Gasteiger partial charge in [0.2, 0.25) is 0 Å². The normalized spacial score (nSPS) is 16.6. The Morgan fingerprint density at radius 1 is 1.35 bits per heavy atom. The SMILES string of the molecule is COc1cccc(C(Br)C(=O)OC(C)(C)C)c1C1CC1. The fourth-order valence-corrected chi connectivity index (χ4v) is 2.74. The first-order valence-corrected chi connectivity index (χ1v) is 7.79. The number of halogens is 1. The van der Waals surface area contributed by atoms with Crippen LogP contribution in [0.5, 0.6) is 5.75 Å². The summed E-state index contributed by atoms with van der Waals surface area (Å²) in [6.45, 7) is 5.62. The Kier molecular flexibility index (Phi) is 4.43. The second-order valence-electron chi connectivity index (χ2n) is 6.13. The summed E-state index contributed by atoms with van der Waals surface area (Å²) in [6.07, 6.45) is 2.31. The Labute approximate surface area is 128 Å². The third-order valence-electron chi connectivity index (χ3n) is 3.19. The zero-order valence-corrected chi connectivity index (χ0v) is 14.0. The van der Waals surface area contributed by atoms with Crippen LogP contribution in [0.1, 0.15) is 55.5 Å². The topological polar surface area (TPSA) is 35.5 Å². The van der Waals surface area contributed by atoms with E-state index < -0.39 is 10.4 Å². The number of ether oxygens (including phenoxy) is 2. The Bertz CT molecular complexity index is 501. The van der Waals surface area contributed by atoms with Crippen LogP contribution in [0.4, 0.5) is 0 Å². The Morgan fingerprint density at radius 3 is 2.50 bits per heavy atom. The first kappa shape index (κ1) is 15.4. The molecular formula is C16H21BrO3. The monoisotopic (exact) mass is 340 g/mol. The number of alkyl halides is 1. The van der Waals surface area contributed by atoms with E-state index in [0.717, 1.165) is 29.7 Å². The van der Waals surface area contributed by atoms with E-state index in [0.29, 0.717) is 5.92 Å². The number of esters is 1. The van der Waals surface area contributed by atoms with Crippen LogP contribution in [0.2, 0.25) is 0 Å². The van der Waals surface area contributed by atoms with Crippen LogP contribution in [0.15, 0.2) is 18.2 Å². The molecule has 1 aliphatic rings. The number of carbonyl (C=O) groups excluding carboxylic acids is 1. The van der Waals surface area contributed by atoms with Gasteiger partial charge in [-0.25, -0.2) is 0 Å². The minimum absolute atomic E-state index is 0.257. The number of hydrogen-bond acceptors (Lipinski definition) is 3. The van der Waals surface area contributed by atoms with Crippen molar-refractivity contribution in [1.29, 1.82) is 0 Å². The number of hydrogen-bond donors (Lipinski definition) is 0. The molecule has 1 fully saturated rings. The smallest absolute Gasteiger partial charge is 0.324 e. The molecule has 0 aromatic heterocycles. The molecule has 0 N–H and O–H groups in total. The van der Waals surface area contributed by atoms with Crippen molar-refractivity contribution in [3.63, 3.8) is 0 Å². The van der Waals surface area contributed by atoms with E-state index in [1.807, 2.05) is 39.0 Å². The lowest BCUT2D eigenvalue weighted by atomic mass is 9.99. The van der Waals surface area contributed by atoms with E-state index in [4.69, 9.17) is 9.47 Å². The molecule has 1 aromatic carbocycles. The van der Waals surface area contributed by atoms with Crippen LogP contribution in [0.3, 0.4) is 0 Å². The molecule has 2 rings (SSSR count). The van der Waals surface area contributed by atoms with Gasteiger partial charge in [0.05, 0.1) is 7.11 Å². The van der Waals surface area contributed by atoms with Gasteiger partial charge in [-0.3, -0.25) is 4.79 Å². The van der Waals surface area contributed by atoms with Gasteiger partial charge in [0.25, 0.3) is 0 Å². The molecule has 0 amide bonds. The molecule has 3 nitrogen and oxygen atoms in total. The molecule has 0 radical (unpaired) electrons. The highest BCUT2D eigenvalue weighted by atomic mass is 79.9. The first-order chi connectivity index (χ1) is 9.33. The Balaban J connectivity index is 2.30. The summed E-state index contributed by atoms with van der Waals surface area (Å²) in [5.41, 5.74) is 1.62. The lowest BCUT2D eigenvalue weighted by molar-refractivity contribution is -0.154. The second kappa shape index (κ2) is 5.76. The Hall–Kier alpha value is -1.03. The van der Waals surface area contributed by atoms with Crippen molar-refractivity contribution in [2.75, 3.05) is 7.11 Å². The highest BCUT2D eigenvalue weighted by Crippen LogP contribution is 2.48. The zero-order chi connectivity index (χ0) is 14.9.